The lowest BCUT2D eigenvalue weighted by Gasteiger charge is -2.38. The van der Waals surface area contributed by atoms with E-state index in [-0.39, 0.29) is 24.3 Å². The normalized spacial score (nSPS) is 19.9. The highest BCUT2D eigenvalue weighted by molar-refractivity contribution is 5.82. The maximum atomic E-state index is 13.8. The van der Waals surface area contributed by atoms with E-state index < -0.39 is 41.1 Å². The fourth-order valence-corrected chi connectivity index (χ4v) is 6.44. The minimum absolute atomic E-state index is 0.0346. The van der Waals surface area contributed by atoms with Crippen molar-refractivity contribution in [3.8, 4) is 0 Å². The van der Waals surface area contributed by atoms with E-state index in [1.54, 1.807) is 12.0 Å². The molecule has 2 amide bonds. The molecule has 0 bridgehead atoms. The number of amides is 2. The molecule has 1 aromatic carbocycles. The zero-order chi connectivity index (χ0) is 34.4. The first-order chi connectivity index (χ1) is 21.4. The van der Waals surface area contributed by atoms with Gasteiger partial charge in [0.2, 0.25) is 5.91 Å². The molecule has 10 nitrogen and oxygen atoms in total. The maximum absolute atomic E-state index is 13.8. The topological polar surface area (TPSA) is 115 Å². The molecule has 2 heterocycles. The van der Waals surface area contributed by atoms with Crippen LogP contribution in [0.4, 0.5) is 4.79 Å². The standard InChI is InChI=1S/C36H60N4O6/c1-12-13-17-35(7,8)32(42)37-23-30-29(40(36(9,10)45-30)33(43)46-34(4,5)6)21-27(24(2)3)31(41)25-15-16-26-22-38-39(28(26)20-25)18-14-19-44-11/h15-16,20,22,24,27,29-31,41H,12-14,17-19,21,23H2,1-11H3,(H,37,42)/t27?,29-,30-,31?/m0/s1. The number of benzene rings is 1. The fourth-order valence-electron chi connectivity index (χ4n) is 6.44. The van der Waals surface area contributed by atoms with Gasteiger partial charge in [-0.15, -0.1) is 0 Å². The van der Waals surface area contributed by atoms with Gasteiger partial charge in [0, 0.05) is 37.6 Å². The number of nitrogens with one attached hydrogen (secondary N) is 1. The zero-order valence-corrected chi connectivity index (χ0v) is 30.2. The first-order valence-corrected chi connectivity index (χ1v) is 17.0. The first kappa shape index (κ1) is 37.8. The minimum atomic E-state index is -0.986. The molecule has 1 fully saturated rings. The molecular formula is C36H60N4O6. The van der Waals surface area contributed by atoms with Crippen LogP contribution in [0.3, 0.4) is 0 Å². The number of hydrogen-bond acceptors (Lipinski definition) is 7. The van der Waals surface area contributed by atoms with Gasteiger partial charge in [0.15, 0.2) is 0 Å². The van der Waals surface area contributed by atoms with Crippen molar-refractivity contribution in [2.24, 2.45) is 17.3 Å². The van der Waals surface area contributed by atoms with Crippen molar-refractivity contribution in [1.29, 1.82) is 0 Å². The molecule has 46 heavy (non-hydrogen) atoms. The number of nitrogens with zero attached hydrogens (tertiary/aromatic N) is 3. The Labute approximate surface area is 276 Å². The van der Waals surface area contributed by atoms with Gasteiger partial charge >= 0.3 is 6.09 Å². The van der Waals surface area contributed by atoms with Gasteiger partial charge in [-0.25, -0.2) is 4.79 Å². The van der Waals surface area contributed by atoms with Crippen molar-refractivity contribution in [2.75, 3.05) is 20.3 Å². The van der Waals surface area contributed by atoms with Crippen molar-refractivity contribution < 1.29 is 28.9 Å². The summed E-state index contributed by atoms with van der Waals surface area (Å²) in [6.07, 6.45) is 4.13. The summed E-state index contributed by atoms with van der Waals surface area (Å²) in [5.74, 6) is -0.189. The molecule has 10 heteroatoms. The Balaban J connectivity index is 1.94. The van der Waals surface area contributed by atoms with Crippen LogP contribution in [-0.4, -0.2) is 75.5 Å². The van der Waals surface area contributed by atoms with Gasteiger partial charge in [-0.05, 0) is 77.3 Å². The van der Waals surface area contributed by atoms with Gasteiger partial charge in [-0.2, -0.15) is 5.10 Å². The number of aliphatic hydroxyl groups excluding tert-OH is 1. The van der Waals surface area contributed by atoms with Gasteiger partial charge in [-0.3, -0.25) is 14.4 Å². The van der Waals surface area contributed by atoms with E-state index in [4.69, 9.17) is 14.2 Å². The number of ether oxygens (including phenoxy) is 3. The summed E-state index contributed by atoms with van der Waals surface area (Å²) < 4.78 is 19.6. The van der Waals surface area contributed by atoms with Gasteiger partial charge in [0.05, 0.1) is 30.0 Å². The Bertz CT molecular complexity index is 1300. The number of rotatable bonds is 15. The number of methoxy groups -OCH3 is 1. The van der Waals surface area contributed by atoms with Gasteiger partial charge in [0.25, 0.3) is 0 Å². The molecule has 2 unspecified atom stereocenters. The number of aryl methyl sites for hydroxylation is 1. The van der Waals surface area contributed by atoms with Gasteiger partial charge in [0.1, 0.15) is 11.3 Å². The van der Waals surface area contributed by atoms with Crippen LogP contribution in [0.1, 0.15) is 113 Å². The third-order valence-corrected chi connectivity index (χ3v) is 9.11. The number of aromatic nitrogens is 2. The maximum Gasteiger partial charge on any atom is 0.412 e. The number of carbonyl (C=O) groups is 2. The van der Waals surface area contributed by atoms with Crippen LogP contribution in [0.15, 0.2) is 24.4 Å². The predicted octanol–water partition coefficient (Wildman–Crippen LogP) is 6.84. The predicted molar refractivity (Wildman–Crippen MR) is 181 cm³/mol. The van der Waals surface area contributed by atoms with Crippen molar-refractivity contribution in [3.63, 3.8) is 0 Å². The Morgan fingerprint density at radius 1 is 1.15 bits per heavy atom. The fraction of sp³-hybridized carbons (Fsp3) is 0.750. The largest absolute Gasteiger partial charge is 0.444 e. The second-order valence-electron chi connectivity index (χ2n) is 15.3. The van der Waals surface area contributed by atoms with Crippen LogP contribution >= 0.6 is 0 Å². The number of fused-ring (bicyclic) bond motifs is 1. The molecule has 1 aliphatic rings. The number of aliphatic hydroxyl groups is 1. The zero-order valence-electron chi connectivity index (χ0n) is 30.2. The summed E-state index contributed by atoms with van der Waals surface area (Å²) in [4.78, 5) is 28.7. The number of carbonyl (C=O) groups excluding carboxylic acids is 2. The highest BCUT2D eigenvalue weighted by atomic mass is 16.6. The Morgan fingerprint density at radius 3 is 2.46 bits per heavy atom. The Kier molecular flexibility index (Phi) is 12.7. The van der Waals surface area contributed by atoms with Crippen LogP contribution in [0.2, 0.25) is 0 Å². The quantitative estimate of drug-likeness (QED) is 0.204. The van der Waals surface area contributed by atoms with Crippen LogP contribution in [0, 0.1) is 17.3 Å². The monoisotopic (exact) mass is 644 g/mol. The van der Waals surface area contributed by atoms with E-state index in [0.717, 1.165) is 42.1 Å². The lowest BCUT2D eigenvalue weighted by atomic mass is 9.80. The van der Waals surface area contributed by atoms with Crippen molar-refractivity contribution in [2.45, 2.75) is 137 Å². The smallest absolute Gasteiger partial charge is 0.412 e. The minimum Gasteiger partial charge on any atom is -0.444 e. The van der Waals surface area contributed by atoms with E-state index in [0.29, 0.717) is 19.6 Å². The summed E-state index contributed by atoms with van der Waals surface area (Å²) in [7, 11) is 1.69. The molecule has 0 aliphatic carbocycles. The number of hydrogen-bond donors (Lipinski definition) is 2. The molecule has 1 aromatic heterocycles. The molecule has 2 aromatic rings. The van der Waals surface area contributed by atoms with Gasteiger partial charge in [-0.1, -0.05) is 59.6 Å². The van der Waals surface area contributed by atoms with Crippen molar-refractivity contribution >= 4 is 22.9 Å². The molecule has 1 saturated heterocycles. The van der Waals surface area contributed by atoms with Crippen molar-refractivity contribution in [3.05, 3.63) is 30.0 Å². The molecule has 2 N–H and O–H groups in total. The molecule has 0 radical (unpaired) electrons. The van der Waals surface area contributed by atoms with E-state index >= 15 is 0 Å². The summed E-state index contributed by atoms with van der Waals surface area (Å²) >= 11 is 0. The summed E-state index contributed by atoms with van der Waals surface area (Å²) in [5.41, 5.74) is -0.450. The lowest BCUT2D eigenvalue weighted by Crippen LogP contribution is -2.52. The molecule has 0 spiro atoms. The highest BCUT2D eigenvalue weighted by Crippen LogP contribution is 2.41. The third-order valence-electron chi connectivity index (χ3n) is 9.11. The lowest BCUT2D eigenvalue weighted by molar-refractivity contribution is -0.131. The first-order valence-electron chi connectivity index (χ1n) is 17.0. The van der Waals surface area contributed by atoms with Crippen LogP contribution in [-0.2, 0) is 25.5 Å². The van der Waals surface area contributed by atoms with E-state index in [9.17, 15) is 14.7 Å². The molecule has 260 valence electrons. The summed E-state index contributed by atoms with van der Waals surface area (Å²) in [6.45, 7) is 21.1. The number of unbranched alkanes of at least 4 members (excludes halogenated alkanes) is 1. The second kappa shape index (κ2) is 15.5. The third kappa shape index (κ3) is 9.44. The molecular weight excluding hydrogens is 584 g/mol. The summed E-state index contributed by atoms with van der Waals surface area (Å²) in [6, 6.07) is 5.53. The van der Waals surface area contributed by atoms with E-state index in [2.05, 4.69) is 31.2 Å². The average Bonchev–Trinajstić information content (AvgIpc) is 3.48. The highest BCUT2D eigenvalue weighted by Gasteiger charge is 2.52. The molecule has 4 atom stereocenters. The molecule has 0 saturated carbocycles. The van der Waals surface area contributed by atoms with Crippen LogP contribution in [0.25, 0.3) is 10.9 Å². The van der Waals surface area contributed by atoms with Crippen LogP contribution in [0.5, 0.6) is 0 Å². The van der Waals surface area contributed by atoms with Crippen LogP contribution < -0.4 is 5.32 Å². The van der Waals surface area contributed by atoms with Crippen molar-refractivity contribution in [1.82, 2.24) is 20.0 Å². The molecule has 1 aliphatic heterocycles. The molecule has 3 rings (SSSR count). The summed E-state index contributed by atoms with van der Waals surface area (Å²) in [5, 5.41) is 20.6. The Hall–Kier alpha value is -2.69. The van der Waals surface area contributed by atoms with E-state index in [1.807, 2.05) is 77.5 Å². The Morgan fingerprint density at radius 2 is 1.85 bits per heavy atom. The second-order valence-corrected chi connectivity index (χ2v) is 15.3. The SMILES string of the molecule is CCCCC(C)(C)C(=O)NC[C@@H]1OC(C)(C)N(C(=O)OC(C)(C)C)[C@H]1CC(C(C)C)C(O)c1ccc2cnn(CCCOC)c2c1. The van der Waals surface area contributed by atoms with E-state index in [1.165, 1.54) is 0 Å². The van der Waals surface area contributed by atoms with Gasteiger partial charge < -0.3 is 24.6 Å². The average molecular weight is 645 g/mol.